The van der Waals surface area contributed by atoms with Crippen LogP contribution >= 0.6 is 0 Å². The number of para-hydroxylation sites is 1. The van der Waals surface area contributed by atoms with Crippen LogP contribution in [-0.4, -0.2) is 16.1 Å². The Morgan fingerprint density at radius 2 is 1.94 bits per heavy atom. The fraction of sp³-hybridized carbons (Fsp3) is 0.538. The third-order valence-electron chi connectivity index (χ3n) is 2.95. The summed E-state index contributed by atoms with van der Waals surface area (Å²) in [7, 11) is 0. The van der Waals surface area contributed by atoms with Crippen LogP contribution in [0, 0.1) is 16.0 Å². The second-order valence-electron chi connectivity index (χ2n) is 4.88. The van der Waals surface area contributed by atoms with E-state index in [0.29, 0.717) is 17.9 Å². The number of benzene rings is 1. The average molecular weight is 252 g/mol. The zero-order valence-electron chi connectivity index (χ0n) is 10.7. The van der Waals surface area contributed by atoms with E-state index in [1.165, 1.54) is 6.07 Å². The van der Waals surface area contributed by atoms with Crippen LogP contribution in [0.25, 0.3) is 0 Å². The van der Waals surface area contributed by atoms with Gasteiger partial charge in [0.1, 0.15) is 0 Å². The minimum absolute atomic E-state index is 0.0337. The monoisotopic (exact) mass is 252 g/mol. The lowest BCUT2D eigenvalue weighted by Crippen LogP contribution is -2.27. The lowest BCUT2D eigenvalue weighted by molar-refractivity contribution is -0.385. The van der Waals surface area contributed by atoms with E-state index in [4.69, 9.17) is 5.73 Å². The number of nitrogens with two attached hydrogens (primary N) is 1. The van der Waals surface area contributed by atoms with Crippen LogP contribution in [0.3, 0.4) is 0 Å². The fourth-order valence-corrected chi connectivity index (χ4v) is 1.83. The summed E-state index contributed by atoms with van der Waals surface area (Å²) in [4.78, 5) is 10.4. The van der Waals surface area contributed by atoms with Crippen molar-refractivity contribution in [3.05, 3.63) is 39.9 Å². The van der Waals surface area contributed by atoms with E-state index in [1.807, 2.05) is 0 Å². The molecule has 0 saturated heterocycles. The molecule has 5 heteroatoms. The number of aliphatic hydroxyl groups is 1. The normalized spacial score (nSPS) is 14.5. The van der Waals surface area contributed by atoms with Crippen molar-refractivity contribution in [2.24, 2.45) is 11.7 Å². The van der Waals surface area contributed by atoms with Crippen molar-refractivity contribution in [1.82, 2.24) is 0 Å². The molecule has 0 radical (unpaired) electrons. The molecule has 0 fully saturated rings. The minimum Gasteiger partial charge on any atom is -0.391 e. The quantitative estimate of drug-likeness (QED) is 0.601. The topological polar surface area (TPSA) is 89.4 Å². The summed E-state index contributed by atoms with van der Waals surface area (Å²) in [6.07, 6.45) is 0.633. The second-order valence-corrected chi connectivity index (χ2v) is 4.88. The largest absolute Gasteiger partial charge is 0.391 e. The highest BCUT2D eigenvalue weighted by Gasteiger charge is 2.24. The second kappa shape index (κ2) is 6.47. The van der Waals surface area contributed by atoms with Crippen molar-refractivity contribution >= 4 is 5.69 Å². The van der Waals surface area contributed by atoms with Crippen molar-refractivity contribution in [2.75, 3.05) is 0 Å². The van der Waals surface area contributed by atoms with Gasteiger partial charge in [-0.05, 0) is 18.8 Å². The number of nitrogens with zero attached hydrogens (tertiary/aromatic N) is 1. The van der Waals surface area contributed by atoms with Crippen LogP contribution in [-0.2, 0) is 0 Å². The molecule has 1 aromatic carbocycles. The molecule has 1 rings (SSSR count). The summed E-state index contributed by atoms with van der Waals surface area (Å²) in [6.45, 7) is 4.12. The number of nitro benzene ring substituents is 1. The van der Waals surface area contributed by atoms with Crippen LogP contribution in [0.4, 0.5) is 5.69 Å². The summed E-state index contributed by atoms with van der Waals surface area (Å²) >= 11 is 0. The molecule has 100 valence electrons. The van der Waals surface area contributed by atoms with Gasteiger partial charge in [-0.25, -0.2) is 0 Å². The van der Waals surface area contributed by atoms with E-state index in [9.17, 15) is 15.2 Å². The molecule has 0 aliphatic carbocycles. The first-order valence-electron chi connectivity index (χ1n) is 6.10. The molecule has 0 unspecified atom stereocenters. The van der Waals surface area contributed by atoms with Crippen LogP contribution in [0.2, 0.25) is 0 Å². The Balaban J connectivity index is 2.83. The molecule has 0 saturated carbocycles. The lowest BCUT2D eigenvalue weighted by Gasteiger charge is -2.19. The van der Waals surface area contributed by atoms with Crippen molar-refractivity contribution in [2.45, 2.75) is 38.8 Å². The van der Waals surface area contributed by atoms with Gasteiger partial charge >= 0.3 is 0 Å². The summed E-state index contributed by atoms with van der Waals surface area (Å²) in [6, 6.07) is 5.57. The van der Waals surface area contributed by atoms with Crippen molar-refractivity contribution < 1.29 is 10.0 Å². The molecule has 0 bridgehead atoms. The maximum absolute atomic E-state index is 10.9. The van der Waals surface area contributed by atoms with Gasteiger partial charge in [-0.3, -0.25) is 10.1 Å². The number of hydrogen-bond acceptors (Lipinski definition) is 4. The Bertz CT molecular complexity index is 407. The Kier molecular flexibility index (Phi) is 5.25. The zero-order chi connectivity index (χ0) is 13.7. The molecular formula is C13H20N2O3. The van der Waals surface area contributed by atoms with Crippen LogP contribution < -0.4 is 5.73 Å². The summed E-state index contributed by atoms with van der Waals surface area (Å²) in [5, 5.41) is 20.9. The minimum atomic E-state index is -0.756. The highest BCUT2D eigenvalue weighted by atomic mass is 16.6. The first kappa shape index (κ1) is 14.6. The number of hydrogen-bond donors (Lipinski definition) is 2. The molecule has 0 aliphatic rings. The fourth-order valence-electron chi connectivity index (χ4n) is 1.83. The molecule has 5 nitrogen and oxygen atoms in total. The standard InChI is InChI=1S/C13H20N2O3/c1-9(2)7-8-12(16)13(14)10-5-3-4-6-11(10)15(17)18/h3-6,9,12-13,16H,7-8,14H2,1-2H3/t12-,13+/m1/s1. The van der Waals surface area contributed by atoms with E-state index < -0.39 is 17.1 Å². The molecule has 18 heavy (non-hydrogen) atoms. The molecular weight excluding hydrogens is 232 g/mol. The van der Waals surface area contributed by atoms with E-state index in [-0.39, 0.29) is 5.69 Å². The van der Waals surface area contributed by atoms with Gasteiger partial charge < -0.3 is 10.8 Å². The van der Waals surface area contributed by atoms with Crippen molar-refractivity contribution in [1.29, 1.82) is 0 Å². The van der Waals surface area contributed by atoms with Gasteiger partial charge in [0.2, 0.25) is 0 Å². The predicted molar refractivity (Wildman–Crippen MR) is 70.1 cm³/mol. The molecule has 3 N–H and O–H groups in total. The zero-order valence-corrected chi connectivity index (χ0v) is 10.7. The SMILES string of the molecule is CC(C)CC[C@@H](O)[C@@H](N)c1ccccc1[N+](=O)[O-]. The molecule has 0 aliphatic heterocycles. The third-order valence-corrected chi connectivity index (χ3v) is 2.95. The number of aliphatic hydroxyl groups excluding tert-OH is 1. The first-order chi connectivity index (χ1) is 8.43. The predicted octanol–water partition coefficient (Wildman–Crippen LogP) is 2.39. The number of rotatable bonds is 6. The highest BCUT2D eigenvalue weighted by molar-refractivity contribution is 5.42. The Morgan fingerprint density at radius 1 is 1.33 bits per heavy atom. The highest BCUT2D eigenvalue weighted by Crippen LogP contribution is 2.27. The van der Waals surface area contributed by atoms with Crippen LogP contribution in [0.15, 0.2) is 24.3 Å². The molecule has 1 aromatic rings. The van der Waals surface area contributed by atoms with Gasteiger partial charge in [-0.15, -0.1) is 0 Å². The van der Waals surface area contributed by atoms with Crippen molar-refractivity contribution in [3.8, 4) is 0 Å². The van der Waals surface area contributed by atoms with E-state index in [0.717, 1.165) is 6.42 Å². The maximum atomic E-state index is 10.9. The van der Waals surface area contributed by atoms with E-state index in [2.05, 4.69) is 13.8 Å². The summed E-state index contributed by atoms with van der Waals surface area (Å²) in [5.74, 6) is 0.470. The van der Waals surface area contributed by atoms with Crippen molar-refractivity contribution in [3.63, 3.8) is 0 Å². The summed E-state index contributed by atoms with van der Waals surface area (Å²) in [5.41, 5.74) is 6.26. The molecule has 0 aromatic heterocycles. The molecule has 0 heterocycles. The Labute approximate surface area is 107 Å². The maximum Gasteiger partial charge on any atom is 0.274 e. The third kappa shape index (κ3) is 3.78. The summed E-state index contributed by atoms with van der Waals surface area (Å²) < 4.78 is 0. The lowest BCUT2D eigenvalue weighted by atomic mass is 9.95. The first-order valence-corrected chi connectivity index (χ1v) is 6.10. The van der Waals surface area contributed by atoms with Gasteiger partial charge in [-0.2, -0.15) is 0 Å². The Hall–Kier alpha value is -1.46. The van der Waals surface area contributed by atoms with Crippen LogP contribution in [0.5, 0.6) is 0 Å². The van der Waals surface area contributed by atoms with E-state index >= 15 is 0 Å². The average Bonchev–Trinajstić information content (AvgIpc) is 2.34. The smallest absolute Gasteiger partial charge is 0.274 e. The van der Waals surface area contributed by atoms with Gasteiger partial charge in [0.15, 0.2) is 0 Å². The van der Waals surface area contributed by atoms with E-state index in [1.54, 1.807) is 18.2 Å². The van der Waals surface area contributed by atoms with Gasteiger partial charge in [0, 0.05) is 11.6 Å². The van der Waals surface area contributed by atoms with Crippen LogP contribution in [0.1, 0.15) is 38.3 Å². The molecule has 0 spiro atoms. The van der Waals surface area contributed by atoms with Gasteiger partial charge in [0.05, 0.1) is 17.1 Å². The molecule has 2 atom stereocenters. The molecule has 0 amide bonds. The number of nitro groups is 1. The van der Waals surface area contributed by atoms with Gasteiger partial charge in [-0.1, -0.05) is 32.0 Å². The Morgan fingerprint density at radius 3 is 2.50 bits per heavy atom. The van der Waals surface area contributed by atoms with Gasteiger partial charge in [0.25, 0.3) is 5.69 Å².